The minimum Gasteiger partial charge on any atom is -0.389 e. The summed E-state index contributed by atoms with van der Waals surface area (Å²) in [6, 6.07) is 12.5. The van der Waals surface area contributed by atoms with Gasteiger partial charge in [0.15, 0.2) is 0 Å². The molecule has 0 spiro atoms. The second-order valence-electron chi connectivity index (χ2n) is 6.38. The van der Waals surface area contributed by atoms with E-state index >= 15 is 0 Å². The molecule has 1 aliphatic rings. The number of carbonyl (C=O) groups excluding carboxylic acids is 1. The number of hydrogen-bond donors (Lipinski definition) is 1. The molecule has 1 aromatic carbocycles. The van der Waals surface area contributed by atoms with Crippen molar-refractivity contribution in [1.82, 2.24) is 4.90 Å². The molecule has 3 heterocycles. The van der Waals surface area contributed by atoms with Gasteiger partial charge in [0.2, 0.25) is 5.91 Å². The summed E-state index contributed by atoms with van der Waals surface area (Å²) < 4.78 is 13.9. The summed E-state index contributed by atoms with van der Waals surface area (Å²) in [6.45, 7) is 1.03. The fourth-order valence-corrected chi connectivity index (χ4v) is 5.26. The van der Waals surface area contributed by atoms with E-state index in [1.54, 1.807) is 35.3 Å². The Hall–Kier alpha value is -2.95. The lowest BCUT2D eigenvalue weighted by Crippen LogP contribution is -2.34. The molecule has 1 aliphatic heterocycles. The molecule has 0 unspecified atom stereocenters. The predicted octanol–water partition coefficient (Wildman–Crippen LogP) is 4.67. The summed E-state index contributed by atoms with van der Waals surface area (Å²) in [5.41, 5.74) is 8.00. The molecule has 4 rings (SSSR count). The first-order valence-corrected chi connectivity index (χ1v) is 10.3. The molecule has 28 heavy (non-hydrogen) atoms. The van der Waals surface area contributed by atoms with E-state index in [1.807, 2.05) is 12.1 Å². The van der Waals surface area contributed by atoms with E-state index in [0.29, 0.717) is 35.6 Å². The number of nitrogens with two attached hydrogens (primary N) is 1. The molecule has 0 saturated heterocycles. The zero-order chi connectivity index (χ0) is 19.7. The third-order valence-electron chi connectivity index (χ3n) is 4.66. The van der Waals surface area contributed by atoms with Crippen LogP contribution in [0.25, 0.3) is 16.5 Å². The molecular weight excluding hydrogens is 393 g/mol. The highest BCUT2D eigenvalue weighted by molar-refractivity contribution is 7.16. The van der Waals surface area contributed by atoms with Gasteiger partial charge in [-0.25, -0.2) is 4.39 Å². The van der Waals surface area contributed by atoms with E-state index in [0.717, 1.165) is 20.2 Å². The van der Waals surface area contributed by atoms with Crippen molar-refractivity contribution in [2.45, 2.75) is 13.0 Å². The van der Waals surface area contributed by atoms with Gasteiger partial charge >= 0.3 is 0 Å². The SMILES string of the molecule is N#Cc1c(N)sc2c1CCN(C(=O)/C=C/c1ccc(-c3ccccc3F)s1)C2. The number of carbonyl (C=O) groups is 1. The molecule has 4 nitrogen and oxygen atoms in total. The van der Waals surface area contributed by atoms with Crippen LogP contribution in [0, 0.1) is 17.1 Å². The minimum atomic E-state index is -0.257. The van der Waals surface area contributed by atoms with Gasteiger partial charge in [-0.15, -0.1) is 22.7 Å². The molecule has 2 aromatic heterocycles. The Kier molecular flexibility index (Phi) is 4.99. The highest BCUT2D eigenvalue weighted by atomic mass is 32.1. The van der Waals surface area contributed by atoms with Crippen LogP contribution >= 0.6 is 22.7 Å². The summed E-state index contributed by atoms with van der Waals surface area (Å²) in [6.07, 6.45) is 3.95. The zero-order valence-electron chi connectivity index (χ0n) is 14.8. The average molecular weight is 410 g/mol. The van der Waals surface area contributed by atoms with Crippen LogP contribution in [-0.2, 0) is 17.8 Å². The Morgan fingerprint density at radius 2 is 2.07 bits per heavy atom. The van der Waals surface area contributed by atoms with Gasteiger partial charge in [-0.1, -0.05) is 18.2 Å². The van der Waals surface area contributed by atoms with Gasteiger partial charge in [0.05, 0.1) is 12.1 Å². The standard InChI is InChI=1S/C21H16FN3OS2/c22-17-4-2-1-3-15(17)18-7-5-13(27-18)6-8-20(26)25-10-9-14-16(11-23)21(24)28-19(14)12-25/h1-8H,9-10,12,24H2/b8-6+. The molecule has 2 N–H and O–H groups in total. The van der Waals surface area contributed by atoms with E-state index in [4.69, 9.17) is 5.73 Å². The van der Waals surface area contributed by atoms with Crippen LogP contribution < -0.4 is 5.73 Å². The van der Waals surface area contributed by atoms with E-state index in [9.17, 15) is 14.4 Å². The largest absolute Gasteiger partial charge is 0.389 e. The van der Waals surface area contributed by atoms with E-state index < -0.39 is 0 Å². The smallest absolute Gasteiger partial charge is 0.246 e. The summed E-state index contributed by atoms with van der Waals surface area (Å²) >= 11 is 2.82. The molecule has 0 fully saturated rings. The number of benzene rings is 1. The number of thiophene rings is 2. The number of nitriles is 1. The van der Waals surface area contributed by atoms with Crippen LogP contribution in [0.2, 0.25) is 0 Å². The Bertz CT molecular complexity index is 1120. The Morgan fingerprint density at radius 1 is 1.25 bits per heavy atom. The van der Waals surface area contributed by atoms with E-state index in [2.05, 4.69) is 6.07 Å². The molecule has 0 atom stereocenters. The Morgan fingerprint density at radius 3 is 2.86 bits per heavy atom. The highest BCUT2D eigenvalue weighted by Gasteiger charge is 2.25. The number of fused-ring (bicyclic) bond motifs is 1. The van der Waals surface area contributed by atoms with Crippen molar-refractivity contribution in [1.29, 1.82) is 5.26 Å². The second kappa shape index (κ2) is 7.58. The molecule has 0 saturated carbocycles. The maximum atomic E-state index is 13.9. The van der Waals surface area contributed by atoms with Crippen LogP contribution in [0.15, 0.2) is 42.5 Å². The molecule has 0 bridgehead atoms. The minimum absolute atomic E-state index is 0.0861. The van der Waals surface area contributed by atoms with Crippen LogP contribution in [-0.4, -0.2) is 17.4 Å². The van der Waals surface area contributed by atoms with Gasteiger partial charge in [-0.3, -0.25) is 4.79 Å². The highest BCUT2D eigenvalue weighted by Crippen LogP contribution is 2.35. The molecule has 3 aromatic rings. The summed E-state index contributed by atoms with van der Waals surface area (Å²) in [4.78, 5) is 17.0. The summed E-state index contributed by atoms with van der Waals surface area (Å²) in [5.74, 6) is -0.344. The van der Waals surface area contributed by atoms with Gasteiger partial charge in [0.1, 0.15) is 16.9 Å². The molecule has 0 aliphatic carbocycles. The van der Waals surface area contributed by atoms with Crippen LogP contribution in [0.3, 0.4) is 0 Å². The number of nitrogens with zero attached hydrogens (tertiary/aromatic N) is 2. The fraction of sp³-hybridized carbons (Fsp3) is 0.143. The van der Waals surface area contributed by atoms with Gasteiger partial charge in [-0.05, 0) is 36.3 Å². The number of rotatable bonds is 3. The predicted molar refractivity (Wildman–Crippen MR) is 111 cm³/mol. The van der Waals surface area contributed by atoms with Crippen molar-refractivity contribution < 1.29 is 9.18 Å². The van der Waals surface area contributed by atoms with Gasteiger partial charge in [0.25, 0.3) is 0 Å². The van der Waals surface area contributed by atoms with Crippen LogP contribution in [0.1, 0.15) is 20.9 Å². The molecule has 7 heteroatoms. The first-order chi connectivity index (χ1) is 13.6. The van der Waals surface area contributed by atoms with Crippen molar-refractivity contribution >= 4 is 39.7 Å². The number of halogens is 1. The van der Waals surface area contributed by atoms with Gasteiger partial charge < -0.3 is 10.6 Å². The second-order valence-corrected chi connectivity index (χ2v) is 8.63. The van der Waals surface area contributed by atoms with Crippen molar-refractivity contribution in [3.8, 4) is 16.5 Å². The Balaban J connectivity index is 1.47. The lowest BCUT2D eigenvalue weighted by molar-refractivity contribution is -0.126. The summed E-state index contributed by atoms with van der Waals surface area (Å²) in [7, 11) is 0. The van der Waals surface area contributed by atoms with Crippen molar-refractivity contribution in [3.05, 3.63) is 69.2 Å². The molecule has 1 amide bonds. The molecular formula is C21H16FN3OS2. The molecule has 140 valence electrons. The van der Waals surface area contributed by atoms with Crippen molar-refractivity contribution in [2.75, 3.05) is 12.3 Å². The average Bonchev–Trinajstić information content (AvgIpc) is 3.29. The van der Waals surface area contributed by atoms with Crippen LogP contribution in [0.5, 0.6) is 0 Å². The fourth-order valence-electron chi connectivity index (χ4n) is 3.24. The van der Waals surface area contributed by atoms with Crippen molar-refractivity contribution in [2.24, 2.45) is 0 Å². The lowest BCUT2D eigenvalue weighted by atomic mass is 10.0. The monoisotopic (exact) mass is 409 g/mol. The van der Waals surface area contributed by atoms with Crippen LogP contribution in [0.4, 0.5) is 9.39 Å². The number of anilines is 1. The summed E-state index contributed by atoms with van der Waals surface area (Å²) in [5, 5.41) is 9.74. The number of hydrogen-bond acceptors (Lipinski definition) is 5. The quantitative estimate of drug-likeness (QED) is 0.639. The zero-order valence-corrected chi connectivity index (χ0v) is 16.4. The maximum Gasteiger partial charge on any atom is 0.246 e. The third-order valence-corrected chi connectivity index (χ3v) is 6.79. The first kappa shape index (κ1) is 18.4. The Labute approximate surface area is 170 Å². The van der Waals surface area contributed by atoms with Gasteiger partial charge in [0, 0.05) is 32.8 Å². The van der Waals surface area contributed by atoms with E-state index in [1.165, 1.54) is 28.7 Å². The first-order valence-electron chi connectivity index (χ1n) is 8.68. The lowest BCUT2D eigenvalue weighted by Gasteiger charge is -2.25. The molecule has 0 radical (unpaired) electrons. The topological polar surface area (TPSA) is 70.1 Å². The third kappa shape index (κ3) is 3.44. The maximum absolute atomic E-state index is 13.9. The van der Waals surface area contributed by atoms with E-state index in [-0.39, 0.29) is 11.7 Å². The number of amides is 1. The number of nitrogen functional groups attached to an aromatic ring is 1. The van der Waals surface area contributed by atoms with Gasteiger partial charge in [-0.2, -0.15) is 5.26 Å². The van der Waals surface area contributed by atoms with Crippen molar-refractivity contribution in [3.63, 3.8) is 0 Å². The normalized spacial score (nSPS) is 13.5.